The second-order valence-electron chi connectivity index (χ2n) is 13.2. The molecule has 0 aliphatic carbocycles. The van der Waals surface area contributed by atoms with Crippen LogP contribution in [0.4, 0.5) is 4.79 Å². The van der Waals surface area contributed by atoms with Crippen molar-refractivity contribution in [2.45, 2.75) is 130 Å². The van der Waals surface area contributed by atoms with Crippen LogP contribution in [0.15, 0.2) is 23.8 Å². The van der Waals surface area contributed by atoms with Crippen LogP contribution in [0.5, 0.6) is 0 Å². The minimum absolute atomic E-state index is 0.0489. The van der Waals surface area contributed by atoms with E-state index < -0.39 is 24.1 Å². The van der Waals surface area contributed by atoms with Crippen LogP contribution < -0.4 is 10.6 Å². The maximum absolute atomic E-state index is 12.7. The minimum atomic E-state index is -1.13. The van der Waals surface area contributed by atoms with Gasteiger partial charge in [-0.15, -0.1) is 0 Å². The van der Waals surface area contributed by atoms with Crippen LogP contribution >= 0.6 is 0 Å². The van der Waals surface area contributed by atoms with Crippen molar-refractivity contribution in [3.05, 3.63) is 23.8 Å². The molecule has 2 saturated heterocycles. The third kappa shape index (κ3) is 11.7. The molecule has 2 aliphatic heterocycles. The third-order valence-corrected chi connectivity index (χ3v) is 9.27. The predicted molar refractivity (Wildman–Crippen MR) is 174 cm³/mol. The molecule has 0 aromatic rings. The number of hydrogen-bond acceptors (Lipinski definition) is 7. The van der Waals surface area contributed by atoms with E-state index in [0.717, 1.165) is 24.8 Å². The van der Waals surface area contributed by atoms with E-state index in [1.54, 1.807) is 14.0 Å². The quantitative estimate of drug-likeness (QED) is 0.128. The zero-order valence-corrected chi connectivity index (χ0v) is 28.9. The SMILES string of the molecule is CCN(CC)C(=O)N[C@@H](CCNC(=O)C[C@H]1CC[C@H](C)[C@@H](/C(C)=C/C=C/[C@@H](C)C[C@@]2(C)O[C@@H]2[C@H](C)[C@@H](OC)[C@@H](C)O)O1)C(=O)O. The molecule has 2 heterocycles. The smallest absolute Gasteiger partial charge is 0.326 e. The Morgan fingerprint density at radius 1 is 1.16 bits per heavy atom. The van der Waals surface area contributed by atoms with E-state index >= 15 is 0 Å². The number of allylic oxidation sites excluding steroid dienone is 3. The summed E-state index contributed by atoms with van der Waals surface area (Å²) in [5.41, 5.74) is 0.862. The maximum atomic E-state index is 12.7. The van der Waals surface area contributed by atoms with Gasteiger partial charge in [-0.3, -0.25) is 4.79 Å². The largest absolute Gasteiger partial charge is 0.480 e. The first kappa shape index (κ1) is 38.7. The molecule has 0 aromatic carbocycles. The van der Waals surface area contributed by atoms with E-state index in [1.807, 2.05) is 13.8 Å². The fourth-order valence-electron chi connectivity index (χ4n) is 6.67. The summed E-state index contributed by atoms with van der Waals surface area (Å²) in [4.78, 5) is 38.1. The van der Waals surface area contributed by atoms with Crippen LogP contribution in [0.3, 0.4) is 0 Å². The van der Waals surface area contributed by atoms with Crippen molar-refractivity contribution in [3.8, 4) is 0 Å². The average molecular weight is 638 g/mol. The molecule has 2 rings (SSSR count). The lowest BCUT2D eigenvalue weighted by Gasteiger charge is -2.35. The number of carboxylic acid groups (broad SMARTS) is 1. The molecule has 2 fully saturated rings. The molecule has 0 spiro atoms. The van der Waals surface area contributed by atoms with E-state index in [1.165, 1.54) is 4.90 Å². The van der Waals surface area contributed by atoms with Gasteiger partial charge in [0.25, 0.3) is 0 Å². The summed E-state index contributed by atoms with van der Waals surface area (Å²) in [6, 6.07) is -1.51. The van der Waals surface area contributed by atoms with Crippen molar-refractivity contribution in [1.29, 1.82) is 0 Å². The van der Waals surface area contributed by atoms with Gasteiger partial charge in [0.2, 0.25) is 5.91 Å². The van der Waals surface area contributed by atoms with Gasteiger partial charge < -0.3 is 40.0 Å². The van der Waals surface area contributed by atoms with E-state index in [4.69, 9.17) is 14.2 Å². The second-order valence-corrected chi connectivity index (χ2v) is 13.2. The van der Waals surface area contributed by atoms with Gasteiger partial charge in [-0.1, -0.05) is 39.0 Å². The lowest BCUT2D eigenvalue weighted by molar-refractivity contribution is -0.139. The number of aliphatic carboxylic acids is 1. The first-order valence-electron chi connectivity index (χ1n) is 16.6. The Labute approximate surface area is 270 Å². The van der Waals surface area contributed by atoms with Crippen molar-refractivity contribution in [2.75, 3.05) is 26.7 Å². The number of carbonyl (C=O) groups is 3. The number of carboxylic acids is 1. The zero-order chi connectivity index (χ0) is 33.9. The number of ether oxygens (including phenoxy) is 3. The molecule has 0 unspecified atom stereocenters. The number of amides is 3. The van der Waals surface area contributed by atoms with Crippen LogP contribution in [0.2, 0.25) is 0 Å². The number of urea groups is 1. The number of rotatable bonds is 18. The van der Waals surface area contributed by atoms with Crippen molar-refractivity contribution in [2.24, 2.45) is 17.8 Å². The van der Waals surface area contributed by atoms with Gasteiger partial charge in [-0.2, -0.15) is 0 Å². The van der Waals surface area contributed by atoms with Crippen LogP contribution in [-0.2, 0) is 23.8 Å². The highest BCUT2D eigenvalue weighted by atomic mass is 16.6. The number of hydrogen-bond donors (Lipinski definition) is 4. The molecular formula is C34H59N3O8. The van der Waals surface area contributed by atoms with Gasteiger partial charge in [0.1, 0.15) is 6.04 Å². The molecule has 0 aromatic heterocycles. The van der Waals surface area contributed by atoms with E-state index in [2.05, 4.69) is 63.5 Å². The van der Waals surface area contributed by atoms with Gasteiger partial charge in [0.15, 0.2) is 0 Å². The average Bonchev–Trinajstić information content (AvgIpc) is 3.64. The fourth-order valence-corrected chi connectivity index (χ4v) is 6.67. The molecule has 11 nitrogen and oxygen atoms in total. The molecule has 4 N–H and O–H groups in total. The first-order chi connectivity index (χ1) is 21.2. The molecule has 45 heavy (non-hydrogen) atoms. The highest BCUT2D eigenvalue weighted by molar-refractivity contribution is 5.82. The van der Waals surface area contributed by atoms with Crippen molar-refractivity contribution in [1.82, 2.24) is 15.5 Å². The van der Waals surface area contributed by atoms with Gasteiger partial charge in [-0.05, 0) is 77.7 Å². The molecule has 0 radical (unpaired) electrons. The summed E-state index contributed by atoms with van der Waals surface area (Å²) in [5, 5.41) is 24.9. The first-order valence-corrected chi connectivity index (χ1v) is 16.6. The molecule has 0 bridgehead atoms. The van der Waals surface area contributed by atoms with Crippen molar-refractivity contribution >= 4 is 17.9 Å². The van der Waals surface area contributed by atoms with Crippen molar-refractivity contribution in [3.63, 3.8) is 0 Å². The second kappa shape index (κ2) is 18.0. The van der Waals surface area contributed by atoms with E-state index in [9.17, 15) is 24.6 Å². The fraction of sp³-hybridized carbons (Fsp3) is 0.794. The predicted octanol–water partition coefficient (Wildman–Crippen LogP) is 4.29. The number of aliphatic hydroxyl groups excluding tert-OH is 1. The van der Waals surface area contributed by atoms with E-state index in [0.29, 0.717) is 19.0 Å². The third-order valence-electron chi connectivity index (χ3n) is 9.27. The highest BCUT2D eigenvalue weighted by Gasteiger charge is 2.56. The summed E-state index contributed by atoms with van der Waals surface area (Å²) in [6.07, 6.45) is 8.12. The summed E-state index contributed by atoms with van der Waals surface area (Å²) < 4.78 is 18.0. The topological polar surface area (TPSA) is 150 Å². The number of nitrogens with one attached hydrogen (secondary N) is 2. The van der Waals surface area contributed by atoms with Gasteiger partial charge >= 0.3 is 12.0 Å². The van der Waals surface area contributed by atoms with Crippen LogP contribution in [-0.4, -0.2) is 102 Å². The van der Waals surface area contributed by atoms with Gasteiger partial charge in [-0.25, -0.2) is 9.59 Å². The minimum Gasteiger partial charge on any atom is -0.480 e. The molecule has 10 atom stereocenters. The number of epoxide rings is 1. The normalized spacial score (nSPS) is 28.5. The van der Waals surface area contributed by atoms with Crippen LogP contribution in [0, 0.1) is 17.8 Å². The Hall–Kier alpha value is -2.47. The molecular weight excluding hydrogens is 578 g/mol. The number of carbonyl (C=O) groups excluding carboxylic acids is 2. The summed E-state index contributed by atoms with van der Waals surface area (Å²) in [5.74, 6) is -0.636. The summed E-state index contributed by atoms with van der Waals surface area (Å²) in [6.45, 7) is 17.1. The Morgan fingerprint density at radius 2 is 1.82 bits per heavy atom. The van der Waals surface area contributed by atoms with E-state index in [-0.39, 0.29) is 67.1 Å². The standard InChI is InChI=1S/C34H59N3O8/c1-10-37(11-2)33(42)36-27(32(40)41)17-18-35-28(39)19-26-16-15-23(5)29(44-26)22(4)14-12-13-21(3)20-34(8)31(45-34)24(6)30(43-9)25(7)38/h12-14,21,23-27,29-31,38H,10-11,15-20H2,1-9H3,(H,35,39)(H,36,42)(H,40,41)/b13-12+,22-14+/t21-,23+,24-,25-,26-,27+,29-,30-,31-,34-/m1/s1. The highest BCUT2D eigenvalue weighted by Crippen LogP contribution is 2.47. The Balaban J connectivity index is 1.83. The lowest BCUT2D eigenvalue weighted by Crippen LogP contribution is -2.49. The zero-order valence-electron chi connectivity index (χ0n) is 28.9. The van der Waals surface area contributed by atoms with Crippen molar-refractivity contribution < 1.29 is 38.8 Å². The molecule has 2 aliphatic rings. The number of methoxy groups -OCH3 is 1. The number of aliphatic hydroxyl groups is 1. The molecule has 258 valence electrons. The molecule has 0 saturated carbocycles. The lowest BCUT2D eigenvalue weighted by atomic mass is 9.85. The Morgan fingerprint density at radius 3 is 2.40 bits per heavy atom. The number of nitrogens with zero attached hydrogens (tertiary/aromatic N) is 1. The summed E-state index contributed by atoms with van der Waals surface area (Å²) >= 11 is 0. The summed E-state index contributed by atoms with van der Waals surface area (Å²) in [7, 11) is 1.62. The van der Waals surface area contributed by atoms with Crippen LogP contribution in [0.25, 0.3) is 0 Å². The maximum Gasteiger partial charge on any atom is 0.326 e. The van der Waals surface area contributed by atoms with Gasteiger partial charge in [0, 0.05) is 32.7 Å². The van der Waals surface area contributed by atoms with Gasteiger partial charge in [0.05, 0.1) is 42.5 Å². The monoisotopic (exact) mass is 637 g/mol. The molecule has 11 heteroatoms. The Kier molecular flexibility index (Phi) is 15.5. The van der Waals surface area contributed by atoms with Crippen LogP contribution in [0.1, 0.15) is 87.5 Å². The molecule has 3 amide bonds. The Bertz CT molecular complexity index is 1030.